The highest BCUT2D eigenvalue weighted by Crippen LogP contribution is 2.35. The second-order valence-corrected chi connectivity index (χ2v) is 8.24. The summed E-state index contributed by atoms with van der Waals surface area (Å²) < 4.78 is 18.1. The van der Waals surface area contributed by atoms with Crippen LogP contribution < -0.4 is 14.5 Å². The topological polar surface area (TPSA) is 99.4 Å². The third-order valence-corrected chi connectivity index (χ3v) is 5.95. The number of aryl methyl sites for hydroxylation is 1. The Morgan fingerprint density at radius 1 is 0.971 bits per heavy atom. The molecule has 0 fully saturated rings. The molecule has 3 heterocycles. The van der Waals surface area contributed by atoms with Gasteiger partial charge in [-0.3, -0.25) is 9.59 Å². The number of nitrogens with zero attached hydrogens (tertiary/aromatic N) is 3. The Morgan fingerprint density at radius 2 is 1.74 bits per heavy atom. The van der Waals surface area contributed by atoms with E-state index >= 15 is 0 Å². The highest BCUT2D eigenvalue weighted by molar-refractivity contribution is 6.38. The first kappa shape index (κ1) is 22.4. The Bertz CT molecular complexity index is 1360. The average Bonchev–Trinajstić information content (AvgIpc) is 3.46. The third kappa shape index (κ3) is 4.28. The lowest BCUT2D eigenvalue weighted by Crippen LogP contribution is -2.35. The molecule has 1 amide bonds. The number of aromatic nitrogens is 1. The molecule has 178 valence electrons. The molecule has 35 heavy (non-hydrogen) atoms. The Labute approximate surface area is 201 Å². The van der Waals surface area contributed by atoms with Gasteiger partial charge in [0.05, 0.1) is 5.69 Å². The Hall–Kier alpha value is -4.40. The molecule has 0 bridgehead atoms. The molecule has 0 aliphatic carbocycles. The number of carbonyl (C=O) groups is 3. The van der Waals surface area contributed by atoms with Crippen LogP contribution >= 0.6 is 0 Å². The number of hydrogen-bond acceptors (Lipinski definition) is 7. The summed E-state index contributed by atoms with van der Waals surface area (Å²) in [7, 11) is 0. The van der Waals surface area contributed by atoms with Crippen LogP contribution in [0.15, 0.2) is 59.7 Å². The maximum Gasteiger partial charge on any atom is 0.354 e. The summed E-state index contributed by atoms with van der Waals surface area (Å²) in [4.78, 5) is 37.8. The van der Waals surface area contributed by atoms with Crippen molar-refractivity contribution in [2.75, 3.05) is 18.4 Å². The van der Waals surface area contributed by atoms with Gasteiger partial charge in [0.1, 0.15) is 5.71 Å². The van der Waals surface area contributed by atoms with E-state index < -0.39 is 12.6 Å². The van der Waals surface area contributed by atoms with Gasteiger partial charge in [-0.05, 0) is 44.2 Å². The minimum atomic E-state index is -0.712. The molecule has 2 aliphatic heterocycles. The number of rotatable bonds is 6. The molecule has 0 radical (unpaired) electrons. The van der Waals surface area contributed by atoms with Gasteiger partial charge in [0.15, 0.2) is 18.1 Å². The lowest BCUT2D eigenvalue weighted by atomic mass is 10.1. The number of fused-ring (bicyclic) bond motifs is 1. The molecule has 0 unspecified atom stereocenters. The van der Waals surface area contributed by atoms with Crippen LogP contribution in [0, 0.1) is 13.8 Å². The van der Waals surface area contributed by atoms with Crippen LogP contribution in [0.2, 0.25) is 0 Å². The fourth-order valence-electron chi connectivity index (χ4n) is 4.23. The molecular weight excluding hydrogens is 450 g/mol. The summed E-state index contributed by atoms with van der Waals surface area (Å²) in [5.41, 5.74) is 3.53. The first-order valence-electron chi connectivity index (χ1n) is 11.2. The maximum atomic E-state index is 12.9. The van der Waals surface area contributed by atoms with Gasteiger partial charge in [-0.1, -0.05) is 18.2 Å². The van der Waals surface area contributed by atoms with Crippen molar-refractivity contribution >= 4 is 29.1 Å². The Balaban J connectivity index is 1.30. The van der Waals surface area contributed by atoms with Crippen LogP contribution in [0.4, 0.5) is 5.69 Å². The zero-order chi connectivity index (χ0) is 24.5. The van der Waals surface area contributed by atoms with Crippen LogP contribution in [0.25, 0.3) is 5.69 Å². The SMILES string of the molecule is Cc1cc(C(=O)COC(=O)C2=NN(c3ccccc3)C(=O)CC2)c(C)n1-c1ccc2c(c1)OCO2. The number of para-hydroxylation sites is 1. The van der Waals surface area contributed by atoms with E-state index in [4.69, 9.17) is 14.2 Å². The van der Waals surface area contributed by atoms with E-state index in [9.17, 15) is 14.4 Å². The summed E-state index contributed by atoms with van der Waals surface area (Å²) in [6.45, 7) is 3.48. The summed E-state index contributed by atoms with van der Waals surface area (Å²) in [6, 6.07) is 16.2. The molecule has 0 spiro atoms. The molecular formula is C26H23N3O6. The standard InChI is InChI=1S/C26H23N3O6/c1-16-12-20(17(2)28(16)19-8-10-23-24(13-19)35-15-34-23)22(30)14-33-26(32)21-9-11-25(31)29(27-21)18-6-4-3-5-7-18/h3-8,10,12-13H,9,11,14-15H2,1-2H3. The van der Waals surface area contributed by atoms with Crippen LogP contribution in [-0.2, 0) is 14.3 Å². The van der Waals surface area contributed by atoms with Crippen LogP contribution in [0.3, 0.4) is 0 Å². The Kier molecular flexibility index (Phi) is 5.82. The van der Waals surface area contributed by atoms with Crippen molar-refractivity contribution < 1.29 is 28.6 Å². The molecule has 0 saturated heterocycles. The predicted molar refractivity (Wildman–Crippen MR) is 127 cm³/mol. The number of Topliss-reactive ketones (excluding diaryl/α,β-unsaturated/α-hetero) is 1. The second-order valence-electron chi connectivity index (χ2n) is 8.24. The molecule has 0 saturated carbocycles. The number of carbonyl (C=O) groups excluding carboxylic acids is 3. The summed E-state index contributed by atoms with van der Waals surface area (Å²) >= 11 is 0. The monoisotopic (exact) mass is 473 g/mol. The second kappa shape index (κ2) is 9.09. The van der Waals surface area contributed by atoms with Gasteiger partial charge < -0.3 is 18.8 Å². The molecule has 2 aromatic carbocycles. The van der Waals surface area contributed by atoms with Crippen molar-refractivity contribution in [3.8, 4) is 17.2 Å². The van der Waals surface area contributed by atoms with Crippen molar-refractivity contribution in [1.82, 2.24) is 4.57 Å². The van der Waals surface area contributed by atoms with Gasteiger partial charge in [0.2, 0.25) is 18.5 Å². The largest absolute Gasteiger partial charge is 0.454 e. The quantitative estimate of drug-likeness (QED) is 0.400. The van der Waals surface area contributed by atoms with E-state index in [-0.39, 0.29) is 37.0 Å². The van der Waals surface area contributed by atoms with Gasteiger partial charge in [0.25, 0.3) is 0 Å². The summed E-state index contributed by atoms with van der Waals surface area (Å²) in [6.07, 6.45) is 0.293. The molecule has 5 rings (SSSR count). The van der Waals surface area contributed by atoms with E-state index in [1.165, 1.54) is 5.01 Å². The number of ether oxygens (including phenoxy) is 3. The van der Waals surface area contributed by atoms with E-state index in [0.717, 1.165) is 17.1 Å². The van der Waals surface area contributed by atoms with Gasteiger partial charge >= 0.3 is 5.97 Å². The third-order valence-electron chi connectivity index (χ3n) is 5.95. The fourth-order valence-corrected chi connectivity index (χ4v) is 4.23. The molecule has 3 aromatic rings. The van der Waals surface area contributed by atoms with Crippen molar-refractivity contribution in [2.45, 2.75) is 26.7 Å². The lowest BCUT2D eigenvalue weighted by molar-refractivity contribution is -0.134. The molecule has 2 aliphatic rings. The van der Waals surface area contributed by atoms with Crippen molar-refractivity contribution in [2.24, 2.45) is 5.10 Å². The predicted octanol–water partition coefficient (Wildman–Crippen LogP) is 3.73. The van der Waals surface area contributed by atoms with Crippen molar-refractivity contribution in [1.29, 1.82) is 0 Å². The van der Waals surface area contributed by atoms with Gasteiger partial charge in [-0.2, -0.15) is 5.10 Å². The number of ketones is 1. The number of hydrazone groups is 1. The number of anilines is 1. The smallest absolute Gasteiger partial charge is 0.354 e. The van der Waals surface area contributed by atoms with Gasteiger partial charge in [-0.15, -0.1) is 0 Å². The van der Waals surface area contributed by atoms with E-state index in [0.29, 0.717) is 22.7 Å². The van der Waals surface area contributed by atoms with Crippen molar-refractivity contribution in [3.63, 3.8) is 0 Å². The molecule has 0 atom stereocenters. The van der Waals surface area contributed by atoms with Gasteiger partial charge in [0, 0.05) is 41.5 Å². The molecule has 0 N–H and O–H groups in total. The Morgan fingerprint density at radius 3 is 2.54 bits per heavy atom. The highest BCUT2D eigenvalue weighted by Gasteiger charge is 2.27. The molecule has 9 heteroatoms. The van der Waals surface area contributed by atoms with Crippen LogP contribution in [0.1, 0.15) is 34.6 Å². The minimum Gasteiger partial charge on any atom is -0.454 e. The maximum absolute atomic E-state index is 12.9. The number of hydrogen-bond donors (Lipinski definition) is 0. The minimum absolute atomic E-state index is 0.104. The van der Waals surface area contributed by atoms with Gasteiger partial charge in [-0.25, -0.2) is 9.80 Å². The highest BCUT2D eigenvalue weighted by atomic mass is 16.7. The van der Waals surface area contributed by atoms with Crippen LogP contribution in [0.5, 0.6) is 11.5 Å². The van der Waals surface area contributed by atoms with Crippen LogP contribution in [-0.4, -0.2) is 41.3 Å². The summed E-state index contributed by atoms with van der Waals surface area (Å²) in [5, 5.41) is 5.37. The molecule has 9 nitrogen and oxygen atoms in total. The summed E-state index contributed by atoms with van der Waals surface area (Å²) in [5.74, 6) is 0.0765. The first-order valence-corrected chi connectivity index (χ1v) is 11.2. The average molecular weight is 473 g/mol. The molecule has 1 aromatic heterocycles. The number of amides is 1. The van der Waals surface area contributed by atoms with Crippen molar-refractivity contribution in [3.05, 3.63) is 71.5 Å². The first-order chi connectivity index (χ1) is 16.9. The number of esters is 1. The fraction of sp³-hybridized carbons (Fsp3) is 0.231. The zero-order valence-electron chi connectivity index (χ0n) is 19.3. The normalized spacial score (nSPS) is 14.6. The number of benzene rings is 2. The van der Waals surface area contributed by atoms with E-state index in [1.54, 1.807) is 30.3 Å². The zero-order valence-corrected chi connectivity index (χ0v) is 19.3. The van der Waals surface area contributed by atoms with E-state index in [2.05, 4.69) is 5.10 Å². The lowest BCUT2D eigenvalue weighted by Gasteiger charge is -2.22. The van der Waals surface area contributed by atoms with E-state index in [1.807, 2.05) is 42.7 Å².